The number of nitrogens with zero attached hydrogens (tertiary/aromatic N) is 1. The summed E-state index contributed by atoms with van der Waals surface area (Å²) in [4.78, 5) is 20.9. The van der Waals surface area contributed by atoms with Crippen LogP contribution in [0.3, 0.4) is 0 Å². The van der Waals surface area contributed by atoms with Gasteiger partial charge >= 0.3 is 5.97 Å². The molecule has 0 bridgehead atoms. The van der Waals surface area contributed by atoms with Crippen LogP contribution in [0.1, 0.15) is 30.1 Å². The van der Waals surface area contributed by atoms with Gasteiger partial charge in [0.1, 0.15) is 5.56 Å². The molecule has 0 fully saturated rings. The molecule has 0 aliphatic heterocycles. The van der Waals surface area contributed by atoms with Crippen molar-refractivity contribution in [1.82, 2.24) is 0 Å². The molecule has 0 aliphatic rings. The first-order chi connectivity index (χ1) is 8.95. The maximum absolute atomic E-state index is 10.8. The number of aromatic carboxylic acids is 1. The van der Waals surface area contributed by atoms with E-state index >= 15 is 0 Å². The zero-order valence-electron chi connectivity index (χ0n) is 10.5. The van der Waals surface area contributed by atoms with Crippen molar-refractivity contribution in [3.05, 3.63) is 33.9 Å². The second-order valence-electron chi connectivity index (χ2n) is 4.12. The maximum atomic E-state index is 10.8. The Labute approximate surface area is 110 Å². The molecule has 7 nitrogen and oxygen atoms in total. The number of hydrogen-bond donors (Lipinski definition) is 3. The average Bonchev–Trinajstić information content (AvgIpc) is 2.36. The second-order valence-corrected chi connectivity index (χ2v) is 4.12. The summed E-state index contributed by atoms with van der Waals surface area (Å²) in [5.41, 5.74) is -0.418. The highest BCUT2D eigenvalue weighted by molar-refractivity contribution is 5.93. The fraction of sp³-hybridized carbons (Fsp3) is 0.417. The summed E-state index contributed by atoms with van der Waals surface area (Å²) < 4.78 is 0. The summed E-state index contributed by atoms with van der Waals surface area (Å²) in [6.07, 6.45) is 0.923. The topological polar surface area (TPSA) is 113 Å². The molecule has 1 aromatic rings. The summed E-state index contributed by atoms with van der Waals surface area (Å²) in [5.74, 6) is -1.34. The van der Waals surface area contributed by atoms with Gasteiger partial charge in [0.25, 0.3) is 5.69 Å². The van der Waals surface area contributed by atoms with E-state index in [1.807, 2.05) is 6.92 Å². The summed E-state index contributed by atoms with van der Waals surface area (Å²) in [7, 11) is 0. The van der Waals surface area contributed by atoms with Crippen molar-refractivity contribution in [1.29, 1.82) is 0 Å². The SMILES string of the molecule is CCCC(O)CNc1ccc(C(=O)O)c([N+](=O)[O-])c1. The van der Waals surface area contributed by atoms with Gasteiger partial charge in [0.05, 0.1) is 11.0 Å². The Morgan fingerprint density at radius 3 is 2.74 bits per heavy atom. The van der Waals surface area contributed by atoms with E-state index in [0.717, 1.165) is 12.5 Å². The highest BCUT2D eigenvalue weighted by Crippen LogP contribution is 2.23. The number of carboxylic acid groups (broad SMARTS) is 1. The van der Waals surface area contributed by atoms with Crippen LogP contribution >= 0.6 is 0 Å². The molecule has 0 aromatic heterocycles. The van der Waals surface area contributed by atoms with Crippen LogP contribution in [-0.4, -0.2) is 33.8 Å². The van der Waals surface area contributed by atoms with Gasteiger partial charge in [0.2, 0.25) is 0 Å². The van der Waals surface area contributed by atoms with E-state index in [0.29, 0.717) is 12.1 Å². The quantitative estimate of drug-likeness (QED) is 0.514. The van der Waals surface area contributed by atoms with Crippen LogP contribution in [0.5, 0.6) is 0 Å². The van der Waals surface area contributed by atoms with Gasteiger partial charge in [-0.25, -0.2) is 4.79 Å². The summed E-state index contributed by atoms with van der Waals surface area (Å²) in [6, 6.07) is 3.77. The zero-order valence-corrected chi connectivity index (χ0v) is 10.5. The third-order valence-corrected chi connectivity index (χ3v) is 2.59. The predicted octanol–water partition coefficient (Wildman–Crippen LogP) is 1.87. The van der Waals surface area contributed by atoms with E-state index in [9.17, 15) is 20.0 Å². The molecule has 0 saturated heterocycles. The first kappa shape index (κ1) is 14.9. The number of benzene rings is 1. The molecule has 0 aliphatic carbocycles. The molecule has 3 N–H and O–H groups in total. The standard InChI is InChI=1S/C12H16N2O5/c1-2-3-9(15)7-13-8-4-5-10(12(16)17)11(6-8)14(18)19/h4-6,9,13,15H,2-3,7H2,1H3,(H,16,17). The Morgan fingerprint density at radius 1 is 1.53 bits per heavy atom. The minimum Gasteiger partial charge on any atom is -0.477 e. The molecule has 19 heavy (non-hydrogen) atoms. The van der Waals surface area contributed by atoms with Crippen molar-refractivity contribution in [2.75, 3.05) is 11.9 Å². The van der Waals surface area contributed by atoms with Gasteiger partial charge in [-0.1, -0.05) is 13.3 Å². The van der Waals surface area contributed by atoms with Gasteiger partial charge in [-0.2, -0.15) is 0 Å². The largest absolute Gasteiger partial charge is 0.477 e. The predicted molar refractivity (Wildman–Crippen MR) is 69.5 cm³/mol. The van der Waals surface area contributed by atoms with Crippen LogP contribution in [0.25, 0.3) is 0 Å². The van der Waals surface area contributed by atoms with Crippen molar-refractivity contribution in [2.45, 2.75) is 25.9 Å². The average molecular weight is 268 g/mol. The van der Waals surface area contributed by atoms with Crippen LogP contribution in [0.4, 0.5) is 11.4 Å². The second kappa shape index (κ2) is 6.69. The van der Waals surface area contributed by atoms with E-state index in [2.05, 4.69) is 5.32 Å². The number of rotatable bonds is 7. The van der Waals surface area contributed by atoms with Crippen molar-refractivity contribution >= 4 is 17.3 Å². The van der Waals surface area contributed by atoms with Gasteiger partial charge in [-0.05, 0) is 18.6 Å². The monoisotopic (exact) mass is 268 g/mol. The van der Waals surface area contributed by atoms with Crippen molar-refractivity contribution < 1.29 is 19.9 Å². The van der Waals surface area contributed by atoms with Gasteiger partial charge in [0.15, 0.2) is 0 Å². The van der Waals surface area contributed by atoms with Crippen LogP contribution in [-0.2, 0) is 0 Å². The molecule has 7 heteroatoms. The third kappa shape index (κ3) is 4.22. The number of nitrogens with one attached hydrogen (secondary N) is 1. The Hall–Kier alpha value is -2.15. The number of carboxylic acids is 1. The normalized spacial score (nSPS) is 11.9. The summed E-state index contributed by atoms with van der Waals surface area (Å²) >= 11 is 0. The Bertz CT molecular complexity index is 475. The molecule has 0 heterocycles. The molecule has 104 valence electrons. The lowest BCUT2D eigenvalue weighted by Gasteiger charge is -2.12. The molecular formula is C12H16N2O5. The lowest BCUT2D eigenvalue weighted by molar-refractivity contribution is -0.385. The van der Waals surface area contributed by atoms with Crippen molar-refractivity contribution in [3.8, 4) is 0 Å². The summed E-state index contributed by atoms with van der Waals surface area (Å²) in [6.45, 7) is 2.20. The van der Waals surface area contributed by atoms with E-state index in [1.54, 1.807) is 0 Å². The van der Waals surface area contributed by atoms with Crippen LogP contribution in [0, 0.1) is 10.1 Å². The van der Waals surface area contributed by atoms with Gasteiger partial charge < -0.3 is 15.5 Å². The molecular weight excluding hydrogens is 252 g/mol. The van der Waals surface area contributed by atoms with E-state index < -0.39 is 22.7 Å². The first-order valence-electron chi connectivity index (χ1n) is 5.89. The zero-order chi connectivity index (χ0) is 14.4. The van der Waals surface area contributed by atoms with Crippen molar-refractivity contribution in [3.63, 3.8) is 0 Å². The van der Waals surface area contributed by atoms with Gasteiger partial charge in [-0.3, -0.25) is 10.1 Å². The van der Waals surface area contributed by atoms with Crippen molar-refractivity contribution in [2.24, 2.45) is 0 Å². The highest BCUT2D eigenvalue weighted by atomic mass is 16.6. The van der Waals surface area contributed by atoms with Crippen LogP contribution < -0.4 is 5.32 Å². The van der Waals surface area contributed by atoms with Gasteiger partial charge in [0, 0.05) is 18.3 Å². The van der Waals surface area contributed by atoms with E-state index in [-0.39, 0.29) is 12.1 Å². The molecule has 1 rings (SSSR count). The number of carbonyl (C=O) groups is 1. The minimum atomic E-state index is -1.34. The van der Waals surface area contributed by atoms with Crippen LogP contribution in [0.15, 0.2) is 18.2 Å². The number of hydrogen-bond acceptors (Lipinski definition) is 5. The first-order valence-corrected chi connectivity index (χ1v) is 5.89. The lowest BCUT2D eigenvalue weighted by atomic mass is 10.1. The highest BCUT2D eigenvalue weighted by Gasteiger charge is 2.20. The molecule has 0 radical (unpaired) electrons. The molecule has 0 amide bonds. The number of aliphatic hydroxyl groups is 1. The molecule has 0 spiro atoms. The maximum Gasteiger partial charge on any atom is 0.342 e. The fourth-order valence-electron chi connectivity index (χ4n) is 1.64. The molecule has 1 aromatic carbocycles. The molecule has 1 unspecified atom stereocenters. The number of nitro groups is 1. The Morgan fingerprint density at radius 2 is 2.21 bits per heavy atom. The van der Waals surface area contributed by atoms with Crippen LogP contribution in [0.2, 0.25) is 0 Å². The molecule has 0 saturated carbocycles. The number of anilines is 1. The smallest absolute Gasteiger partial charge is 0.342 e. The Kier molecular flexibility index (Phi) is 5.25. The molecule has 1 atom stereocenters. The summed E-state index contributed by atoms with van der Waals surface area (Å²) in [5, 5.41) is 32.0. The lowest BCUT2D eigenvalue weighted by Crippen LogP contribution is -2.19. The Balaban J connectivity index is 2.84. The third-order valence-electron chi connectivity index (χ3n) is 2.59. The fourth-order valence-corrected chi connectivity index (χ4v) is 1.64. The number of nitro benzene ring substituents is 1. The minimum absolute atomic E-state index is 0.261. The van der Waals surface area contributed by atoms with E-state index in [1.165, 1.54) is 12.1 Å². The van der Waals surface area contributed by atoms with E-state index in [4.69, 9.17) is 5.11 Å². The number of aliphatic hydroxyl groups excluding tert-OH is 1. The van der Waals surface area contributed by atoms with Gasteiger partial charge in [-0.15, -0.1) is 0 Å².